The standard InChI is InChI=1S/C31H27Cl3N4O2S/c1-31(2)14-25-27(26(39)15-31)28(18-8-11-22(12-9-18)40-16-19-7-10-21(32)13-24(19)34)38-29(35-25)36-30(37-38)41-17-20-5-3-4-6-23(20)33/h3-13,28H,14-17H2,1-2H3,(H,35,36,37). The molecule has 1 atom stereocenters. The number of nitrogens with one attached hydrogen (secondary N) is 1. The number of hydrogen-bond acceptors (Lipinski definition) is 6. The summed E-state index contributed by atoms with van der Waals surface area (Å²) < 4.78 is 7.83. The maximum atomic E-state index is 13.5. The molecule has 1 aliphatic carbocycles. The van der Waals surface area contributed by atoms with E-state index in [1.807, 2.05) is 59.3 Å². The third kappa shape index (κ3) is 6.00. The molecule has 1 aromatic heterocycles. The van der Waals surface area contributed by atoms with Gasteiger partial charge >= 0.3 is 0 Å². The third-order valence-corrected chi connectivity index (χ3v) is 9.07. The van der Waals surface area contributed by atoms with Crippen LogP contribution in [0.15, 0.2) is 83.2 Å². The van der Waals surface area contributed by atoms with E-state index in [4.69, 9.17) is 49.6 Å². The molecular weight excluding hydrogens is 599 g/mol. The maximum Gasteiger partial charge on any atom is 0.227 e. The van der Waals surface area contributed by atoms with E-state index < -0.39 is 6.04 Å². The molecule has 41 heavy (non-hydrogen) atoms. The number of ketones is 1. The molecule has 6 nitrogen and oxygen atoms in total. The molecule has 210 valence electrons. The largest absolute Gasteiger partial charge is 0.489 e. The van der Waals surface area contributed by atoms with Crippen molar-refractivity contribution in [1.82, 2.24) is 14.8 Å². The fourth-order valence-electron chi connectivity index (χ4n) is 5.26. The van der Waals surface area contributed by atoms with Gasteiger partial charge in [0.05, 0.1) is 0 Å². The van der Waals surface area contributed by atoms with Crippen molar-refractivity contribution in [3.63, 3.8) is 0 Å². The van der Waals surface area contributed by atoms with E-state index in [0.29, 0.717) is 50.7 Å². The van der Waals surface area contributed by atoms with Crippen LogP contribution in [0.2, 0.25) is 15.1 Å². The zero-order chi connectivity index (χ0) is 28.7. The topological polar surface area (TPSA) is 69.0 Å². The summed E-state index contributed by atoms with van der Waals surface area (Å²) in [6, 6.07) is 20.5. The summed E-state index contributed by atoms with van der Waals surface area (Å²) in [5.41, 5.74) is 4.30. The van der Waals surface area contributed by atoms with E-state index >= 15 is 0 Å². The van der Waals surface area contributed by atoms with E-state index in [9.17, 15) is 4.79 Å². The Bertz CT molecular complexity index is 1670. The normalized spacial score (nSPS) is 17.6. The van der Waals surface area contributed by atoms with Crippen LogP contribution in [-0.2, 0) is 17.2 Å². The average molecular weight is 626 g/mol. The number of anilines is 1. The molecule has 0 bridgehead atoms. The summed E-state index contributed by atoms with van der Waals surface area (Å²) in [7, 11) is 0. The van der Waals surface area contributed by atoms with Crippen molar-refractivity contribution in [2.24, 2.45) is 5.41 Å². The van der Waals surface area contributed by atoms with Gasteiger partial charge in [-0.3, -0.25) is 4.79 Å². The summed E-state index contributed by atoms with van der Waals surface area (Å²) in [5, 5.41) is 10.8. The van der Waals surface area contributed by atoms with Crippen LogP contribution in [0.3, 0.4) is 0 Å². The second kappa shape index (κ2) is 11.4. The number of benzene rings is 3. The smallest absolute Gasteiger partial charge is 0.227 e. The van der Waals surface area contributed by atoms with Gasteiger partial charge in [-0.1, -0.05) is 96.8 Å². The first-order valence-corrected chi connectivity index (χ1v) is 15.3. The molecule has 0 amide bonds. The highest BCUT2D eigenvalue weighted by Crippen LogP contribution is 2.46. The molecule has 2 aliphatic rings. The van der Waals surface area contributed by atoms with Crippen LogP contribution in [0, 0.1) is 5.41 Å². The van der Waals surface area contributed by atoms with Gasteiger partial charge in [0.1, 0.15) is 18.4 Å². The number of hydrogen-bond donors (Lipinski definition) is 1. The van der Waals surface area contributed by atoms with Crippen molar-refractivity contribution in [2.45, 2.75) is 50.2 Å². The number of rotatable bonds is 7. The minimum atomic E-state index is -0.397. The lowest BCUT2D eigenvalue weighted by Gasteiger charge is -2.38. The van der Waals surface area contributed by atoms with Gasteiger partial charge in [0.2, 0.25) is 11.1 Å². The van der Waals surface area contributed by atoms with E-state index in [1.54, 1.807) is 12.1 Å². The Kier molecular flexibility index (Phi) is 7.81. The van der Waals surface area contributed by atoms with Crippen molar-refractivity contribution in [3.8, 4) is 5.75 Å². The quantitative estimate of drug-likeness (QED) is 0.207. The predicted octanol–water partition coefficient (Wildman–Crippen LogP) is 8.77. The average Bonchev–Trinajstić information content (AvgIpc) is 3.33. The Morgan fingerprint density at radius 2 is 1.78 bits per heavy atom. The fourth-order valence-corrected chi connectivity index (χ4v) is 6.84. The molecular formula is C31H27Cl3N4O2S. The van der Waals surface area contributed by atoms with Crippen LogP contribution >= 0.6 is 46.6 Å². The van der Waals surface area contributed by atoms with E-state index in [1.165, 1.54) is 11.8 Å². The number of thioether (sulfide) groups is 1. The molecule has 0 saturated carbocycles. The molecule has 2 heterocycles. The van der Waals surface area contributed by atoms with Crippen molar-refractivity contribution in [1.29, 1.82) is 0 Å². The Labute approximate surface area is 258 Å². The van der Waals surface area contributed by atoms with Crippen LogP contribution in [0.1, 0.15) is 49.4 Å². The maximum absolute atomic E-state index is 13.5. The zero-order valence-corrected chi connectivity index (χ0v) is 25.5. The highest BCUT2D eigenvalue weighted by molar-refractivity contribution is 7.98. The SMILES string of the molecule is CC1(C)CC(=O)C2=C(C1)Nc1nc(SCc3ccccc3Cl)nn1C2c1ccc(OCc2ccc(Cl)cc2Cl)cc1. The summed E-state index contributed by atoms with van der Waals surface area (Å²) in [6.07, 6.45) is 1.23. The molecule has 0 saturated heterocycles. The van der Waals surface area contributed by atoms with Crippen molar-refractivity contribution >= 4 is 58.3 Å². The molecule has 0 radical (unpaired) electrons. The zero-order valence-electron chi connectivity index (χ0n) is 22.5. The van der Waals surface area contributed by atoms with Crippen molar-refractivity contribution < 1.29 is 9.53 Å². The number of aromatic nitrogens is 3. The minimum Gasteiger partial charge on any atom is -0.489 e. The second-order valence-electron chi connectivity index (χ2n) is 11.0. The number of nitrogens with zero attached hydrogens (tertiary/aromatic N) is 3. The number of fused-ring (bicyclic) bond motifs is 1. The van der Waals surface area contributed by atoms with E-state index in [-0.39, 0.29) is 11.2 Å². The molecule has 1 N–H and O–H groups in total. The molecule has 1 aliphatic heterocycles. The molecule has 6 rings (SSSR count). The van der Waals surface area contributed by atoms with Crippen molar-refractivity contribution in [2.75, 3.05) is 5.32 Å². The van der Waals surface area contributed by atoms with Crippen LogP contribution in [0.4, 0.5) is 5.95 Å². The van der Waals surface area contributed by atoms with E-state index in [0.717, 1.165) is 34.4 Å². The fraction of sp³-hybridized carbons (Fsp3) is 0.258. The van der Waals surface area contributed by atoms with Crippen LogP contribution in [-0.4, -0.2) is 20.5 Å². The van der Waals surface area contributed by atoms with Crippen molar-refractivity contribution in [3.05, 3.63) is 110 Å². The summed E-state index contributed by atoms with van der Waals surface area (Å²) in [4.78, 5) is 18.3. The molecule has 0 spiro atoms. The van der Waals surface area contributed by atoms with Gasteiger partial charge in [-0.05, 0) is 53.3 Å². The Morgan fingerprint density at radius 1 is 1.00 bits per heavy atom. The van der Waals surface area contributed by atoms with Gasteiger partial charge in [-0.15, -0.1) is 5.10 Å². The monoisotopic (exact) mass is 624 g/mol. The number of carbonyl (C=O) groups excluding carboxylic acids is 1. The molecule has 4 aromatic rings. The Balaban J connectivity index is 1.29. The first-order chi connectivity index (χ1) is 19.7. The number of carbonyl (C=O) groups is 1. The highest BCUT2D eigenvalue weighted by Gasteiger charge is 2.41. The van der Waals surface area contributed by atoms with Gasteiger partial charge in [0.25, 0.3) is 0 Å². The van der Waals surface area contributed by atoms with Crippen LogP contribution in [0.5, 0.6) is 5.75 Å². The van der Waals surface area contributed by atoms with Gasteiger partial charge in [0.15, 0.2) is 5.78 Å². The lowest BCUT2D eigenvalue weighted by Crippen LogP contribution is -2.36. The molecule has 3 aromatic carbocycles. The van der Waals surface area contributed by atoms with E-state index in [2.05, 4.69) is 19.2 Å². The number of Topliss-reactive ketones (excluding diaryl/α,β-unsaturated/α-hetero) is 1. The van der Waals surface area contributed by atoms with Gasteiger partial charge in [-0.2, -0.15) is 4.98 Å². The van der Waals surface area contributed by atoms with Gasteiger partial charge in [-0.25, -0.2) is 4.68 Å². The van der Waals surface area contributed by atoms with Crippen LogP contribution < -0.4 is 10.1 Å². The van der Waals surface area contributed by atoms with Gasteiger partial charge in [0, 0.05) is 44.1 Å². The highest BCUT2D eigenvalue weighted by atomic mass is 35.5. The Hall–Kier alpha value is -2.97. The molecule has 10 heteroatoms. The molecule has 0 fully saturated rings. The first kappa shape index (κ1) is 28.2. The summed E-state index contributed by atoms with van der Waals surface area (Å²) in [6.45, 7) is 4.55. The van der Waals surface area contributed by atoms with Gasteiger partial charge < -0.3 is 10.1 Å². The summed E-state index contributed by atoms with van der Waals surface area (Å²) >= 11 is 20.2. The first-order valence-electron chi connectivity index (χ1n) is 13.2. The third-order valence-electron chi connectivity index (χ3n) is 7.23. The number of ether oxygens (including phenoxy) is 1. The van der Waals surface area contributed by atoms with Crippen LogP contribution in [0.25, 0.3) is 0 Å². The number of halogens is 3. The minimum absolute atomic E-state index is 0.123. The number of allylic oxidation sites excluding steroid dienone is 2. The lowest BCUT2D eigenvalue weighted by molar-refractivity contribution is -0.118. The Morgan fingerprint density at radius 3 is 2.54 bits per heavy atom. The lowest BCUT2D eigenvalue weighted by atomic mass is 9.73. The second-order valence-corrected chi connectivity index (χ2v) is 13.2. The molecule has 1 unspecified atom stereocenters. The predicted molar refractivity (Wildman–Crippen MR) is 165 cm³/mol. The summed E-state index contributed by atoms with van der Waals surface area (Å²) in [5.74, 6) is 2.07.